The lowest BCUT2D eigenvalue weighted by Gasteiger charge is -1.91. The van der Waals surface area contributed by atoms with Crippen molar-refractivity contribution in [1.29, 1.82) is 0 Å². The molecule has 0 aliphatic rings. The van der Waals surface area contributed by atoms with E-state index >= 15 is 0 Å². The molecule has 2 heteroatoms. The van der Waals surface area contributed by atoms with E-state index in [2.05, 4.69) is 14.6 Å². The van der Waals surface area contributed by atoms with Crippen molar-refractivity contribution in [2.45, 2.75) is 6.92 Å². The smallest absolute Gasteiger partial charge is 0.00720 e. The molecule has 0 saturated carbocycles. The van der Waals surface area contributed by atoms with Gasteiger partial charge in [-0.3, -0.25) is 0 Å². The van der Waals surface area contributed by atoms with Crippen molar-refractivity contribution in [1.82, 2.24) is 5.32 Å². The molecule has 1 unspecified atom stereocenters. The first kappa shape index (κ1) is 5.97. The first-order valence-corrected chi connectivity index (χ1v) is 2.54. The van der Waals surface area contributed by atoms with Crippen LogP contribution in [-0.2, 0) is 0 Å². The molecule has 0 aliphatic carbocycles. The molecule has 6 heavy (non-hydrogen) atoms. The van der Waals surface area contributed by atoms with Gasteiger partial charge in [0, 0.05) is 12.7 Å². The summed E-state index contributed by atoms with van der Waals surface area (Å²) in [7, 11) is 4.41. The first-order valence-electron chi connectivity index (χ1n) is 1.87. The third-order valence-electron chi connectivity index (χ3n) is 0.644. The Hall–Kier alpha value is -0.0300. The van der Waals surface area contributed by atoms with Crippen LogP contribution in [0.5, 0.6) is 0 Å². The molecule has 0 heterocycles. The van der Waals surface area contributed by atoms with E-state index in [1.807, 2.05) is 19.8 Å². The van der Waals surface area contributed by atoms with Crippen LogP contribution in [0.2, 0.25) is 0 Å². The Morgan fingerprint density at radius 1 is 1.83 bits per heavy atom. The molecular weight excluding hydrogens is 93.0 g/mol. The van der Waals surface area contributed by atoms with E-state index in [0.29, 0.717) is 0 Å². The van der Waals surface area contributed by atoms with E-state index in [0.717, 1.165) is 0 Å². The van der Waals surface area contributed by atoms with Gasteiger partial charge in [0.05, 0.1) is 0 Å². The highest BCUT2D eigenvalue weighted by Crippen LogP contribution is 1.88. The molecule has 1 N–H and O–H groups in total. The van der Waals surface area contributed by atoms with Gasteiger partial charge in [-0.1, -0.05) is 0 Å². The highest BCUT2D eigenvalue weighted by molar-refractivity contribution is 7.20. The Kier molecular flexibility index (Phi) is 3.16. The Morgan fingerprint density at radius 2 is 2.33 bits per heavy atom. The maximum Gasteiger partial charge on any atom is 0.00720 e. The van der Waals surface area contributed by atoms with Crippen LogP contribution in [0.15, 0.2) is 11.5 Å². The zero-order valence-electron chi connectivity index (χ0n) is 4.15. The van der Waals surface area contributed by atoms with Gasteiger partial charge in [-0.2, -0.15) is 0 Å². The predicted molar refractivity (Wildman–Crippen MR) is 32.5 cm³/mol. The molecule has 0 aromatic carbocycles. The second-order valence-corrected chi connectivity index (χ2v) is 1.43. The highest BCUT2D eigenvalue weighted by atomic mass is 31.0. The fourth-order valence-corrected chi connectivity index (χ4v) is 0.250. The summed E-state index contributed by atoms with van der Waals surface area (Å²) >= 11 is 0. The molecule has 0 saturated heterocycles. The third-order valence-corrected chi connectivity index (χ3v) is 1.14. The van der Waals surface area contributed by atoms with E-state index < -0.39 is 0 Å². The number of hydrogen-bond donors (Lipinski definition) is 1. The van der Waals surface area contributed by atoms with E-state index in [-0.39, 0.29) is 0 Å². The number of nitrogens with one attached hydrogen (secondary N) is 1. The van der Waals surface area contributed by atoms with Crippen LogP contribution >= 0.6 is 9.24 Å². The number of rotatable bonds is 1. The molecular formula is C4H10NP. The summed E-state index contributed by atoms with van der Waals surface area (Å²) in [5.41, 5.74) is 1.18. The Morgan fingerprint density at radius 3 is 2.33 bits per heavy atom. The molecule has 36 valence electrons. The largest absolute Gasteiger partial charge is 0.392 e. The summed E-state index contributed by atoms with van der Waals surface area (Å²) in [6.07, 6.45) is 0. The molecule has 0 rings (SSSR count). The van der Waals surface area contributed by atoms with Crippen molar-refractivity contribution < 1.29 is 0 Å². The fraction of sp³-hybridized carbons (Fsp3) is 0.500. The van der Waals surface area contributed by atoms with Crippen molar-refractivity contribution in [3.05, 3.63) is 11.5 Å². The molecule has 0 amide bonds. The van der Waals surface area contributed by atoms with Gasteiger partial charge >= 0.3 is 0 Å². The van der Waals surface area contributed by atoms with E-state index in [9.17, 15) is 0 Å². The predicted octanol–water partition coefficient (Wildman–Crippen LogP) is 0.942. The molecule has 0 radical (unpaired) electrons. The molecule has 0 aliphatic heterocycles. The zero-order chi connectivity index (χ0) is 4.99. The van der Waals surface area contributed by atoms with Gasteiger partial charge in [0.1, 0.15) is 0 Å². The average Bonchev–Trinajstić information content (AvgIpc) is 1.65. The van der Waals surface area contributed by atoms with Crippen LogP contribution in [0, 0.1) is 0 Å². The first-order chi connectivity index (χ1) is 2.81. The molecule has 0 aromatic heterocycles. The average molecular weight is 103 g/mol. The summed E-state index contributed by atoms with van der Waals surface area (Å²) in [4.78, 5) is 0. The van der Waals surface area contributed by atoms with Gasteiger partial charge in [-0.25, -0.2) is 0 Å². The van der Waals surface area contributed by atoms with Gasteiger partial charge in [0.25, 0.3) is 0 Å². The molecule has 0 fully saturated rings. The highest BCUT2D eigenvalue weighted by Gasteiger charge is 1.69. The molecule has 0 bridgehead atoms. The van der Waals surface area contributed by atoms with Crippen LogP contribution in [0.1, 0.15) is 6.92 Å². The quantitative estimate of drug-likeness (QED) is 0.487. The standard InChI is InChI=1S/C4H10NP/c1-4(3-6)5-2/h3,5H,6H2,1-2H3/b4-3-. The lowest BCUT2D eigenvalue weighted by Crippen LogP contribution is -1.99. The molecule has 1 atom stereocenters. The fourth-order valence-electron chi connectivity index (χ4n) is 0.0833. The van der Waals surface area contributed by atoms with Crippen LogP contribution < -0.4 is 5.32 Å². The maximum absolute atomic E-state index is 2.95. The van der Waals surface area contributed by atoms with Crippen molar-refractivity contribution in [2.75, 3.05) is 7.05 Å². The minimum atomic E-state index is 1.18. The minimum Gasteiger partial charge on any atom is -0.392 e. The monoisotopic (exact) mass is 103 g/mol. The molecule has 0 aromatic rings. The van der Waals surface area contributed by atoms with Gasteiger partial charge in [0.15, 0.2) is 0 Å². The molecule has 0 spiro atoms. The zero-order valence-corrected chi connectivity index (χ0v) is 5.31. The maximum atomic E-state index is 2.95. The lowest BCUT2D eigenvalue weighted by molar-refractivity contribution is 0.996. The second kappa shape index (κ2) is 3.17. The van der Waals surface area contributed by atoms with Gasteiger partial charge in [-0.05, 0) is 12.7 Å². The number of allylic oxidation sites excluding steroid dienone is 1. The van der Waals surface area contributed by atoms with Gasteiger partial charge in [-0.15, -0.1) is 9.24 Å². The topological polar surface area (TPSA) is 12.0 Å². The Balaban J connectivity index is 3.22. The van der Waals surface area contributed by atoms with Crippen molar-refractivity contribution in [3.63, 3.8) is 0 Å². The lowest BCUT2D eigenvalue weighted by atomic mass is 10.6. The van der Waals surface area contributed by atoms with Crippen molar-refractivity contribution >= 4 is 9.24 Å². The van der Waals surface area contributed by atoms with Crippen LogP contribution in [-0.4, -0.2) is 7.05 Å². The van der Waals surface area contributed by atoms with Crippen molar-refractivity contribution in [3.8, 4) is 0 Å². The summed E-state index contributed by atoms with van der Waals surface area (Å²) < 4.78 is 0. The van der Waals surface area contributed by atoms with Crippen LogP contribution in [0.4, 0.5) is 0 Å². The summed E-state index contributed by atoms with van der Waals surface area (Å²) in [6, 6.07) is 0. The summed E-state index contributed by atoms with van der Waals surface area (Å²) in [6.45, 7) is 2.01. The summed E-state index contributed by atoms with van der Waals surface area (Å²) in [5.74, 6) is 1.94. The second-order valence-electron chi connectivity index (χ2n) is 1.10. The van der Waals surface area contributed by atoms with Gasteiger partial charge in [0.2, 0.25) is 0 Å². The van der Waals surface area contributed by atoms with E-state index in [4.69, 9.17) is 0 Å². The van der Waals surface area contributed by atoms with E-state index in [1.54, 1.807) is 0 Å². The Bertz CT molecular complexity index is 58.6. The SMILES string of the molecule is CN/C(C)=C\P. The van der Waals surface area contributed by atoms with Crippen LogP contribution in [0.3, 0.4) is 0 Å². The summed E-state index contributed by atoms with van der Waals surface area (Å²) in [5, 5.41) is 2.95. The molecule has 1 nitrogen and oxygen atoms in total. The Labute approximate surface area is 41.0 Å². The third kappa shape index (κ3) is 2.22. The van der Waals surface area contributed by atoms with Crippen LogP contribution in [0.25, 0.3) is 0 Å². The normalized spacial score (nSPS) is 11.5. The minimum absolute atomic E-state index is 1.18. The van der Waals surface area contributed by atoms with E-state index in [1.165, 1.54) is 5.70 Å². The van der Waals surface area contributed by atoms with Gasteiger partial charge < -0.3 is 5.32 Å². The number of hydrogen-bond acceptors (Lipinski definition) is 1. The van der Waals surface area contributed by atoms with Crippen molar-refractivity contribution in [2.24, 2.45) is 0 Å².